The lowest BCUT2D eigenvalue weighted by Gasteiger charge is -2.28. The van der Waals surface area contributed by atoms with E-state index >= 15 is 0 Å². The molecular formula is C7H9F3O3. The molecule has 0 saturated carbocycles. The summed E-state index contributed by atoms with van der Waals surface area (Å²) < 4.78 is 40.6. The van der Waals surface area contributed by atoms with Gasteiger partial charge in [-0.1, -0.05) is 0 Å². The molecule has 0 bridgehead atoms. The Morgan fingerprint density at radius 1 is 1.46 bits per heavy atom. The Morgan fingerprint density at radius 3 is 2.54 bits per heavy atom. The number of ether oxygens (including phenoxy) is 1. The van der Waals surface area contributed by atoms with Crippen LogP contribution >= 0.6 is 0 Å². The van der Waals surface area contributed by atoms with E-state index < -0.39 is 30.6 Å². The molecule has 1 fully saturated rings. The van der Waals surface area contributed by atoms with Gasteiger partial charge in [-0.05, 0) is 12.8 Å². The molecule has 0 spiro atoms. The molecule has 1 saturated heterocycles. The highest BCUT2D eigenvalue weighted by molar-refractivity contribution is 5.70. The average Bonchev–Trinajstić information content (AvgIpc) is 2.03. The van der Waals surface area contributed by atoms with Crippen molar-refractivity contribution in [2.45, 2.75) is 25.1 Å². The van der Waals surface area contributed by atoms with Gasteiger partial charge in [0, 0.05) is 6.61 Å². The van der Waals surface area contributed by atoms with Crippen LogP contribution in [0.2, 0.25) is 0 Å². The van der Waals surface area contributed by atoms with Crippen LogP contribution in [0.5, 0.6) is 0 Å². The molecule has 76 valence electrons. The monoisotopic (exact) mass is 198 g/mol. The molecule has 1 aliphatic rings. The number of hydrogen-bond donors (Lipinski definition) is 1. The SMILES string of the molecule is O=C(O)[C@@H]1CCO[C@H](C(F)(F)F)C1. The second-order valence-electron chi connectivity index (χ2n) is 2.96. The maximum absolute atomic E-state index is 12.1. The molecule has 1 rings (SSSR count). The van der Waals surface area contributed by atoms with Gasteiger partial charge in [0.1, 0.15) is 0 Å². The van der Waals surface area contributed by atoms with Crippen LogP contribution in [-0.2, 0) is 9.53 Å². The Labute approximate surface area is 72.5 Å². The summed E-state index contributed by atoms with van der Waals surface area (Å²) in [4.78, 5) is 10.4. The molecule has 3 nitrogen and oxygen atoms in total. The first kappa shape index (κ1) is 10.3. The molecule has 0 aliphatic carbocycles. The molecule has 0 radical (unpaired) electrons. The van der Waals surface area contributed by atoms with Crippen LogP contribution in [-0.4, -0.2) is 30.0 Å². The second-order valence-corrected chi connectivity index (χ2v) is 2.96. The lowest BCUT2D eigenvalue weighted by atomic mass is 9.95. The van der Waals surface area contributed by atoms with E-state index in [0.717, 1.165) is 0 Å². The van der Waals surface area contributed by atoms with E-state index in [4.69, 9.17) is 5.11 Å². The van der Waals surface area contributed by atoms with Crippen molar-refractivity contribution in [2.75, 3.05) is 6.61 Å². The first-order valence-corrected chi connectivity index (χ1v) is 3.82. The van der Waals surface area contributed by atoms with E-state index in [0.29, 0.717) is 0 Å². The van der Waals surface area contributed by atoms with Gasteiger partial charge in [-0.25, -0.2) is 0 Å². The Hall–Kier alpha value is -0.780. The number of rotatable bonds is 1. The van der Waals surface area contributed by atoms with Gasteiger partial charge in [0.25, 0.3) is 0 Å². The molecule has 0 aromatic rings. The fraction of sp³-hybridized carbons (Fsp3) is 0.857. The van der Waals surface area contributed by atoms with Crippen molar-refractivity contribution in [1.29, 1.82) is 0 Å². The first-order valence-electron chi connectivity index (χ1n) is 3.82. The summed E-state index contributed by atoms with van der Waals surface area (Å²) in [5.74, 6) is -2.11. The van der Waals surface area contributed by atoms with Crippen LogP contribution in [0.1, 0.15) is 12.8 Å². The normalized spacial score (nSPS) is 30.1. The third-order valence-electron chi connectivity index (χ3n) is 2.00. The number of carboxylic acids is 1. The van der Waals surface area contributed by atoms with E-state index in [1.807, 2.05) is 0 Å². The lowest BCUT2D eigenvalue weighted by molar-refractivity contribution is -0.236. The summed E-state index contributed by atoms with van der Waals surface area (Å²) in [6.45, 7) is -0.138. The van der Waals surface area contributed by atoms with E-state index in [1.165, 1.54) is 0 Å². The predicted molar refractivity (Wildman–Crippen MR) is 36.2 cm³/mol. The van der Waals surface area contributed by atoms with Crippen molar-refractivity contribution in [3.8, 4) is 0 Å². The number of hydrogen-bond acceptors (Lipinski definition) is 2. The summed E-state index contributed by atoms with van der Waals surface area (Å²) in [5.41, 5.74) is 0. The molecule has 0 aromatic carbocycles. The predicted octanol–water partition coefficient (Wildman–Crippen LogP) is 1.43. The molecule has 0 aromatic heterocycles. The molecule has 0 unspecified atom stereocenters. The van der Waals surface area contributed by atoms with Crippen molar-refractivity contribution < 1.29 is 27.8 Å². The van der Waals surface area contributed by atoms with E-state index in [2.05, 4.69) is 4.74 Å². The fourth-order valence-corrected chi connectivity index (χ4v) is 1.25. The zero-order chi connectivity index (χ0) is 10.1. The summed E-state index contributed by atoms with van der Waals surface area (Å²) >= 11 is 0. The maximum Gasteiger partial charge on any atom is 0.414 e. The second kappa shape index (κ2) is 3.53. The smallest absolute Gasteiger partial charge is 0.414 e. The van der Waals surface area contributed by atoms with Gasteiger partial charge in [-0.3, -0.25) is 4.79 Å². The van der Waals surface area contributed by atoms with Gasteiger partial charge >= 0.3 is 12.1 Å². The Bertz CT molecular complexity index is 202. The van der Waals surface area contributed by atoms with Crippen molar-refractivity contribution >= 4 is 5.97 Å². The molecule has 6 heteroatoms. The van der Waals surface area contributed by atoms with Gasteiger partial charge in [-0.15, -0.1) is 0 Å². The highest BCUT2D eigenvalue weighted by Gasteiger charge is 2.45. The van der Waals surface area contributed by atoms with Crippen LogP contribution < -0.4 is 0 Å². The van der Waals surface area contributed by atoms with Gasteiger partial charge in [0.05, 0.1) is 5.92 Å². The van der Waals surface area contributed by atoms with Gasteiger partial charge in [0.2, 0.25) is 0 Å². The topological polar surface area (TPSA) is 46.5 Å². The number of halogens is 3. The van der Waals surface area contributed by atoms with E-state index in [-0.39, 0.29) is 13.0 Å². The number of alkyl halides is 3. The Kier molecular flexibility index (Phi) is 2.80. The molecule has 2 atom stereocenters. The summed E-state index contributed by atoms with van der Waals surface area (Å²) in [6, 6.07) is 0. The fourth-order valence-electron chi connectivity index (χ4n) is 1.25. The lowest BCUT2D eigenvalue weighted by Crippen LogP contribution is -2.39. The summed E-state index contributed by atoms with van der Waals surface area (Å²) in [6.07, 6.45) is -6.68. The summed E-state index contributed by atoms with van der Waals surface area (Å²) in [7, 11) is 0. The third kappa shape index (κ3) is 2.58. The summed E-state index contributed by atoms with van der Waals surface area (Å²) in [5, 5.41) is 8.50. The number of aliphatic carboxylic acids is 1. The minimum absolute atomic E-state index is 0.138. The average molecular weight is 198 g/mol. The molecule has 0 amide bonds. The minimum atomic E-state index is -4.45. The van der Waals surface area contributed by atoms with Crippen LogP contribution in [0.15, 0.2) is 0 Å². The largest absolute Gasteiger partial charge is 0.481 e. The van der Waals surface area contributed by atoms with Crippen molar-refractivity contribution in [3.05, 3.63) is 0 Å². The van der Waals surface area contributed by atoms with E-state index in [9.17, 15) is 18.0 Å². The van der Waals surface area contributed by atoms with Crippen molar-refractivity contribution in [1.82, 2.24) is 0 Å². The highest BCUT2D eigenvalue weighted by Crippen LogP contribution is 2.32. The molecule has 1 N–H and O–H groups in total. The zero-order valence-corrected chi connectivity index (χ0v) is 6.67. The quantitative estimate of drug-likeness (QED) is 0.693. The number of carbonyl (C=O) groups is 1. The van der Waals surface area contributed by atoms with E-state index in [1.54, 1.807) is 0 Å². The Morgan fingerprint density at radius 2 is 2.08 bits per heavy atom. The third-order valence-corrected chi connectivity index (χ3v) is 2.00. The first-order chi connectivity index (χ1) is 5.91. The van der Waals surface area contributed by atoms with Crippen molar-refractivity contribution in [2.24, 2.45) is 5.92 Å². The van der Waals surface area contributed by atoms with Crippen LogP contribution in [0.3, 0.4) is 0 Å². The Balaban J connectivity index is 2.57. The molecule has 1 heterocycles. The molecule has 1 aliphatic heterocycles. The highest BCUT2D eigenvalue weighted by atomic mass is 19.4. The van der Waals surface area contributed by atoms with Crippen LogP contribution in [0.4, 0.5) is 13.2 Å². The van der Waals surface area contributed by atoms with Crippen LogP contribution in [0.25, 0.3) is 0 Å². The van der Waals surface area contributed by atoms with Crippen molar-refractivity contribution in [3.63, 3.8) is 0 Å². The van der Waals surface area contributed by atoms with Gasteiger partial charge in [0.15, 0.2) is 6.10 Å². The molecule has 13 heavy (non-hydrogen) atoms. The van der Waals surface area contributed by atoms with Gasteiger partial charge in [-0.2, -0.15) is 13.2 Å². The zero-order valence-electron chi connectivity index (χ0n) is 6.67. The molecular weight excluding hydrogens is 189 g/mol. The number of carboxylic acid groups (broad SMARTS) is 1. The maximum atomic E-state index is 12.1. The standard InChI is InChI=1S/C7H9F3O3/c8-7(9,10)5-3-4(6(11)12)1-2-13-5/h4-5H,1-3H2,(H,11,12)/t4-,5+/m1/s1. The van der Waals surface area contributed by atoms with Gasteiger partial charge < -0.3 is 9.84 Å². The minimum Gasteiger partial charge on any atom is -0.481 e. The van der Waals surface area contributed by atoms with Crippen LogP contribution in [0, 0.1) is 5.92 Å².